The zero-order valence-electron chi connectivity index (χ0n) is 11.8. The van der Waals surface area contributed by atoms with Gasteiger partial charge in [0.05, 0.1) is 5.52 Å². The molecule has 0 bridgehead atoms. The number of piperidine rings is 1. The lowest BCUT2D eigenvalue weighted by atomic mass is 9.98. The summed E-state index contributed by atoms with van der Waals surface area (Å²) >= 11 is 5.96. The number of rotatable bonds is 4. The van der Waals surface area contributed by atoms with Crippen LogP contribution in [-0.2, 0) is 6.54 Å². The number of hydrogen-bond donors (Lipinski definition) is 0. The highest BCUT2D eigenvalue weighted by Crippen LogP contribution is 2.25. The highest BCUT2D eigenvalue weighted by Gasteiger charge is 2.22. The molecule has 2 heterocycles. The molecule has 2 aromatic rings. The minimum atomic E-state index is 0.646. The van der Waals surface area contributed by atoms with Crippen LogP contribution in [0.5, 0.6) is 0 Å². The first kappa shape index (κ1) is 13.8. The molecule has 2 nitrogen and oxygen atoms in total. The molecule has 0 amide bonds. The number of hydrogen-bond acceptors (Lipinski definition) is 2. The molecule has 20 heavy (non-hydrogen) atoms. The van der Waals surface area contributed by atoms with Crippen molar-refractivity contribution in [2.45, 2.75) is 38.3 Å². The van der Waals surface area contributed by atoms with Gasteiger partial charge in [0.25, 0.3) is 0 Å². The molecule has 1 aliphatic rings. The van der Waals surface area contributed by atoms with Crippen LogP contribution in [0.1, 0.15) is 31.2 Å². The van der Waals surface area contributed by atoms with Crippen molar-refractivity contribution in [3.8, 4) is 0 Å². The van der Waals surface area contributed by atoms with Gasteiger partial charge in [-0.15, -0.1) is 11.6 Å². The average molecular weight is 289 g/mol. The first-order chi connectivity index (χ1) is 9.88. The van der Waals surface area contributed by atoms with Gasteiger partial charge in [-0.3, -0.25) is 9.88 Å². The smallest absolute Gasteiger partial charge is 0.0705 e. The van der Waals surface area contributed by atoms with Gasteiger partial charge >= 0.3 is 0 Å². The van der Waals surface area contributed by atoms with Gasteiger partial charge < -0.3 is 0 Å². The quantitative estimate of drug-likeness (QED) is 0.783. The SMILES string of the molecule is ClCCC1CCCCN1Cc1ccnc2ccccc12. The Labute approximate surface area is 125 Å². The predicted octanol–water partition coefficient (Wildman–Crippen LogP) is 4.22. The van der Waals surface area contributed by atoms with Crippen molar-refractivity contribution in [1.82, 2.24) is 9.88 Å². The summed E-state index contributed by atoms with van der Waals surface area (Å²) in [7, 11) is 0. The van der Waals surface area contributed by atoms with Gasteiger partial charge in [-0.25, -0.2) is 0 Å². The molecule has 0 spiro atoms. The van der Waals surface area contributed by atoms with Gasteiger partial charge in [-0.05, 0) is 43.5 Å². The van der Waals surface area contributed by atoms with Crippen LogP contribution >= 0.6 is 11.6 Å². The lowest BCUT2D eigenvalue weighted by Gasteiger charge is -2.35. The van der Waals surface area contributed by atoms with Gasteiger partial charge in [0.15, 0.2) is 0 Å². The molecule has 0 saturated carbocycles. The van der Waals surface area contributed by atoms with E-state index in [1.165, 1.54) is 36.8 Å². The van der Waals surface area contributed by atoms with Crippen molar-refractivity contribution in [3.05, 3.63) is 42.1 Å². The van der Waals surface area contributed by atoms with E-state index >= 15 is 0 Å². The summed E-state index contributed by atoms with van der Waals surface area (Å²) in [5.74, 6) is 0.762. The second kappa shape index (κ2) is 6.55. The van der Waals surface area contributed by atoms with Gasteiger partial charge in [0.1, 0.15) is 0 Å². The number of alkyl halides is 1. The van der Waals surface area contributed by atoms with Crippen LogP contribution in [-0.4, -0.2) is 28.4 Å². The van der Waals surface area contributed by atoms with Crippen molar-refractivity contribution in [1.29, 1.82) is 0 Å². The summed E-state index contributed by atoms with van der Waals surface area (Å²) in [4.78, 5) is 7.06. The Bertz CT molecular complexity index is 562. The molecule has 1 aromatic carbocycles. The summed E-state index contributed by atoms with van der Waals surface area (Å²) in [6.07, 6.45) is 6.97. The number of pyridine rings is 1. The standard InChI is InChI=1S/C17H21ClN2/c18-10-8-15-5-3-4-12-20(15)13-14-9-11-19-17-7-2-1-6-16(14)17/h1-2,6-7,9,11,15H,3-5,8,10,12-13H2. The molecular weight excluding hydrogens is 268 g/mol. The van der Waals surface area contributed by atoms with Crippen molar-refractivity contribution in [2.24, 2.45) is 0 Å². The third-order valence-corrected chi connectivity index (χ3v) is 4.52. The molecule has 0 aliphatic carbocycles. The first-order valence-electron chi connectivity index (χ1n) is 7.51. The van der Waals surface area contributed by atoms with Crippen LogP contribution in [0.4, 0.5) is 0 Å². The molecule has 3 heteroatoms. The molecule has 3 rings (SSSR count). The molecule has 106 valence electrons. The molecule has 1 unspecified atom stereocenters. The zero-order valence-corrected chi connectivity index (χ0v) is 12.5. The second-order valence-corrected chi connectivity index (χ2v) is 5.96. The number of fused-ring (bicyclic) bond motifs is 1. The molecule has 0 radical (unpaired) electrons. The fourth-order valence-corrected chi connectivity index (χ4v) is 3.48. The van der Waals surface area contributed by atoms with E-state index in [0.717, 1.165) is 24.4 Å². The number of likely N-dealkylation sites (tertiary alicyclic amines) is 1. The third kappa shape index (κ3) is 2.97. The van der Waals surface area contributed by atoms with E-state index in [9.17, 15) is 0 Å². The number of para-hydroxylation sites is 1. The zero-order chi connectivity index (χ0) is 13.8. The Balaban J connectivity index is 1.84. The number of benzene rings is 1. The summed E-state index contributed by atoms with van der Waals surface area (Å²) in [6, 6.07) is 11.2. The Morgan fingerprint density at radius 1 is 1.20 bits per heavy atom. The van der Waals surface area contributed by atoms with Crippen molar-refractivity contribution in [2.75, 3.05) is 12.4 Å². The lowest BCUT2D eigenvalue weighted by Crippen LogP contribution is -2.39. The fourth-order valence-electron chi connectivity index (χ4n) is 3.23. The van der Waals surface area contributed by atoms with E-state index in [0.29, 0.717) is 6.04 Å². The monoisotopic (exact) mass is 288 g/mol. The Kier molecular flexibility index (Phi) is 4.54. The highest BCUT2D eigenvalue weighted by molar-refractivity contribution is 6.17. The second-order valence-electron chi connectivity index (χ2n) is 5.58. The summed E-state index contributed by atoms with van der Waals surface area (Å²) in [5.41, 5.74) is 2.48. The summed E-state index contributed by atoms with van der Waals surface area (Å²) in [6.45, 7) is 2.21. The maximum Gasteiger partial charge on any atom is 0.0705 e. The number of halogens is 1. The largest absolute Gasteiger partial charge is 0.296 e. The maximum atomic E-state index is 5.96. The lowest BCUT2D eigenvalue weighted by molar-refractivity contribution is 0.137. The predicted molar refractivity (Wildman–Crippen MR) is 85.1 cm³/mol. The maximum absolute atomic E-state index is 5.96. The van der Waals surface area contributed by atoms with E-state index in [-0.39, 0.29) is 0 Å². The minimum absolute atomic E-state index is 0.646. The van der Waals surface area contributed by atoms with Gasteiger partial charge in [-0.2, -0.15) is 0 Å². The van der Waals surface area contributed by atoms with Crippen LogP contribution in [0.25, 0.3) is 10.9 Å². The number of aromatic nitrogens is 1. The van der Waals surface area contributed by atoms with Crippen molar-refractivity contribution < 1.29 is 0 Å². The van der Waals surface area contributed by atoms with Gasteiger partial charge in [-0.1, -0.05) is 24.6 Å². The first-order valence-corrected chi connectivity index (χ1v) is 8.04. The molecule has 1 atom stereocenters. The fraction of sp³-hybridized carbons (Fsp3) is 0.471. The average Bonchev–Trinajstić information content (AvgIpc) is 2.50. The van der Waals surface area contributed by atoms with Crippen LogP contribution in [0, 0.1) is 0 Å². The van der Waals surface area contributed by atoms with E-state index in [1.54, 1.807) is 0 Å². The molecule has 1 aromatic heterocycles. The van der Waals surface area contributed by atoms with Crippen molar-refractivity contribution in [3.63, 3.8) is 0 Å². The molecule has 1 fully saturated rings. The van der Waals surface area contributed by atoms with E-state index in [4.69, 9.17) is 11.6 Å². The minimum Gasteiger partial charge on any atom is -0.296 e. The van der Waals surface area contributed by atoms with Crippen LogP contribution in [0.2, 0.25) is 0 Å². The molecule has 1 aliphatic heterocycles. The number of nitrogens with zero attached hydrogens (tertiary/aromatic N) is 2. The summed E-state index contributed by atoms with van der Waals surface area (Å²) in [5, 5.41) is 1.28. The van der Waals surface area contributed by atoms with Gasteiger partial charge in [0, 0.05) is 30.0 Å². The summed E-state index contributed by atoms with van der Waals surface area (Å²) < 4.78 is 0. The van der Waals surface area contributed by atoms with Crippen LogP contribution < -0.4 is 0 Å². The topological polar surface area (TPSA) is 16.1 Å². The van der Waals surface area contributed by atoms with E-state index in [2.05, 4.69) is 40.2 Å². The van der Waals surface area contributed by atoms with Crippen LogP contribution in [0.15, 0.2) is 36.5 Å². The Morgan fingerprint density at radius 3 is 3.00 bits per heavy atom. The normalized spacial score (nSPS) is 20.4. The Hall–Kier alpha value is -1.12. The molecular formula is C17H21ClN2. The molecule has 0 N–H and O–H groups in total. The van der Waals surface area contributed by atoms with Crippen LogP contribution in [0.3, 0.4) is 0 Å². The molecule has 1 saturated heterocycles. The van der Waals surface area contributed by atoms with E-state index < -0.39 is 0 Å². The van der Waals surface area contributed by atoms with Crippen molar-refractivity contribution >= 4 is 22.5 Å². The highest BCUT2D eigenvalue weighted by atomic mass is 35.5. The van der Waals surface area contributed by atoms with Gasteiger partial charge in [0.2, 0.25) is 0 Å². The van der Waals surface area contributed by atoms with E-state index in [1.807, 2.05) is 6.20 Å². The Morgan fingerprint density at radius 2 is 2.10 bits per heavy atom. The third-order valence-electron chi connectivity index (χ3n) is 4.30.